The summed E-state index contributed by atoms with van der Waals surface area (Å²) in [6.07, 6.45) is 1.89. The Morgan fingerprint density at radius 3 is 2.42 bits per heavy atom. The Labute approximate surface area is 136 Å². The van der Waals surface area contributed by atoms with Gasteiger partial charge in [-0.3, -0.25) is 14.5 Å². The average molecular weight is 330 g/mol. The average Bonchev–Trinajstić information content (AvgIpc) is 3.13. The van der Waals surface area contributed by atoms with Gasteiger partial charge in [-0.15, -0.1) is 0 Å². The van der Waals surface area contributed by atoms with Gasteiger partial charge in [0.1, 0.15) is 12.4 Å². The minimum Gasteiger partial charge on any atom is -0.391 e. The molecule has 0 spiro atoms. The quantitative estimate of drug-likeness (QED) is 0.476. The van der Waals surface area contributed by atoms with Crippen LogP contribution in [0.3, 0.4) is 0 Å². The van der Waals surface area contributed by atoms with Gasteiger partial charge in [-0.2, -0.15) is 0 Å². The van der Waals surface area contributed by atoms with E-state index in [1.807, 2.05) is 0 Å². The SMILES string of the molecule is O=C1c2ccccc2C(=O)N1CC(O)CCn1ccnc1[N+](=O)[O-]. The Bertz CT molecular complexity index is 781. The van der Waals surface area contributed by atoms with E-state index in [0.29, 0.717) is 11.1 Å². The predicted octanol–water partition coefficient (Wildman–Crippen LogP) is 0.839. The summed E-state index contributed by atoms with van der Waals surface area (Å²) in [7, 11) is 0. The molecule has 2 aromatic rings. The summed E-state index contributed by atoms with van der Waals surface area (Å²) in [4.78, 5) is 39.2. The van der Waals surface area contributed by atoms with Crippen molar-refractivity contribution in [2.24, 2.45) is 0 Å². The Balaban J connectivity index is 1.63. The number of carbonyl (C=O) groups is 2. The number of nitrogens with zero attached hydrogens (tertiary/aromatic N) is 4. The van der Waals surface area contributed by atoms with Crippen LogP contribution < -0.4 is 0 Å². The first-order valence-corrected chi connectivity index (χ1v) is 7.28. The minimum atomic E-state index is -0.991. The molecule has 1 aliphatic rings. The van der Waals surface area contributed by atoms with Crippen molar-refractivity contribution in [1.29, 1.82) is 0 Å². The second-order valence-corrected chi connectivity index (χ2v) is 5.39. The molecule has 1 aromatic heterocycles. The maximum atomic E-state index is 12.2. The van der Waals surface area contributed by atoms with Gasteiger partial charge in [0.15, 0.2) is 0 Å². The van der Waals surface area contributed by atoms with Crippen molar-refractivity contribution >= 4 is 17.8 Å². The lowest BCUT2D eigenvalue weighted by atomic mass is 10.1. The van der Waals surface area contributed by atoms with Gasteiger partial charge in [-0.25, -0.2) is 4.57 Å². The normalized spacial score (nSPS) is 14.8. The van der Waals surface area contributed by atoms with Crippen LogP contribution in [0.4, 0.5) is 5.95 Å². The van der Waals surface area contributed by atoms with Crippen LogP contribution in [0.1, 0.15) is 27.1 Å². The van der Waals surface area contributed by atoms with E-state index < -0.39 is 22.8 Å². The number of benzene rings is 1. The summed E-state index contributed by atoms with van der Waals surface area (Å²) < 4.78 is 1.30. The van der Waals surface area contributed by atoms with Crippen molar-refractivity contribution in [3.63, 3.8) is 0 Å². The van der Waals surface area contributed by atoms with Crippen molar-refractivity contribution in [1.82, 2.24) is 14.5 Å². The maximum Gasteiger partial charge on any atom is 0.434 e. The molecule has 24 heavy (non-hydrogen) atoms. The predicted molar refractivity (Wildman–Crippen MR) is 81.3 cm³/mol. The molecule has 2 amide bonds. The number of imide groups is 1. The Morgan fingerprint density at radius 1 is 1.21 bits per heavy atom. The first-order valence-electron chi connectivity index (χ1n) is 7.28. The van der Waals surface area contributed by atoms with Crippen LogP contribution in [0.2, 0.25) is 0 Å². The number of aryl methyl sites for hydroxylation is 1. The molecule has 9 heteroatoms. The second kappa shape index (κ2) is 6.20. The third-order valence-corrected chi connectivity index (χ3v) is 3.83. The van der Waals surface area contributed by atoms with E-state index >= 15 is 0 Å². The zero-order valence-electron chi connectivity index (χ0n) is 12.5. The van der Waals surface area contributed by atoms with Crippen molar-refractivity contribution in [2.75, 3.05) is 6.54 Å². The fraction of sp³-hybridized carbons (Fsp3) is 0.267. The zero-order valence-corrected chi connectivity index (χ0v) is 12.5. The van der Waals surface area contributed by atoms with Crippen molar-refractivity contribution in [2.45, 2.75) is 19.1 Å². The second-order valence-electron chi connectivity index (χ2n) is 5.39. The fourth-order valence-electron chi connectivity index (χ4n) is 2.64. The number of carbonyl (C=O) groups excluding carboxylic acids is 2. The number of nitro groups is 1. The van der Waals surface area contributed by atoms with E-state index in [1.54, 1.807) is 24.3 Å². The van der Waals surface area contributed by atoms with Crippen LogP contribution in [-0.2, 0) is 6.54 Å². The number of aliphatic hydroxyl groups is 1. The topological polar surface area (TPSA) is 119 Å². The van der Waals surface area contributed by atoms with Crippen molar-refractivity contribution in [3.05, 3.63) is 57.9 Å². The molecule has 1 atom stereocenters. The molecule has 1 N–H and O–H groups in total. The van der Waals surface area contributed by atoms with Crippen molar-refractivity contribution in [3.8, 4) is 0 Å². The lowest BCUT2D eigenvalue weighted by molar-refractivity contribution is -0.396. The van der Waals surface area contributed by atoms with Crippen LogP contribution in [0, 0.1) is 10.1 Å². The number of rotatable bonds is 6. The summed E-state index contributed by atoms with van der Waals surface area (Å²) in [5, 5.41) is 20.9. The molecular formula is C15H14N4O5. The van der Waals surface area contributed by atoms with E-state index in [-0.39, 0.29) is 25.5 Å². The molecule has 1 aromatic carbocycles. The highest BCUT2D eigenvalue weighted by atomic mass is 16.6. The molecule has 0 saturated heterocycles. The lowest BCUT2D eigenvalue weighted by Crippen LogP contribution is -2.37. The summed E-state index contributed by atoms with van der Waals surface area (Å²) in [6.45, 7) is -0.00447. The standard InChI is InChI=1S/C15H14N4O5/c20-10(5-7-17-8-6-16-15(17)19(23)24)9-18-13(21)11-3-1-2-4-12(11)14(18)22/h1-4,6,8,10,20H,5,7,9H2. The fourth-order valence-corrected chi connectivity index (χ4v) is 2.64. The number of hydrogen-bond donors (Lipinski definition) is 1. The van der Waals surface area contributed by atoms with Gasteiger partial charge >= 0.3 is 5.95 Å². The third kappa shape index (κ3) is 2.76. The van der Waals surface area contributed by atoms with E-state index in [4.69, 9.17) is 0 Å². The Morgan fingerprint density at radius 2 is 1.83 bits per heavy atom. The molecule has 0 aliphatic carbocycles. The molecule has 0 fully saturated rings. The molecule has 3 rings (SSSR count). The molecule has 1 unspecified atom stereocenters. The first-order chi connectivity index (χ1) is 11.5. The molecule has 0 saturated carbocycles. The van der Waals surface area contributed by atoms with E-state index in [9.17, 15) is 24.8 Å². The van der Waals surface area contributed by atoms with Crippen LogP contribution in [-0.4, -0.2) is 48.9 Å². The molecule has 1 aliphatic heterocycles. The maximum absolute atomic E-state index is 12.2. The molecular weight excluding hydrogens is 316 g/mol. The molecule has 2 heterocycles. The number of fused-ring (bicyclic) bond motifs is 1. The molecule has 9 nitrogen and oxygen atoms in total. The number of amides is 2. The number of β-amino-alcohol motifs (C(OH)–C–C–N with tert-alkyl or cyclic N) is 1. The Kier molecular flexibility index (Phi) is 4.09. The largest absolute Gasteiger partial charge is 0.434 e. The monoisotopic (exact) mass is 330 g/mol. The van der Waals surface area contributed by atoms with E-state index in [2.05, 4.69) is 4.98 Å². The van der Waals surface area contributed by atoms with Gasteiger partial charge in [-0.05, 0) is 17.1 Å². The summed E-state index contributed by atoms with van der Waals surface area (Å²) >= 11 is 0. The number of imidazole rings is 1. The minimum absolute atomic E-state index is 0.143. The molecule has 0 bridgehead atoms. The van der Waals surface area contributed by atoms with Crippen LogP contribution >= 0.6 is 0 Å². The highest BCUT2D eigenvalue weighted by molar-refractivity contribution is 6.21. The van der Waals surface area contributed by atoms with Gasteiger partial charge in [-0.1, -0.05) is 17.1 Å². The summed E-state index contributed by atoms with van der Waals surface area (Å²) in [5.74, 6) is -1.20. The van der Waals surface area contributed by atoms with Gasteiger partial charge in [0, 0.05) is 6.42 Å². The third-order valence-electron chi connectivity index (χ3n) is 3.83. The van der Waals surface area contributed by atoms with Crippen LogP contribution in [0.25, 0.3) is 0 Å². The summed E-state index contributed by atoms with van der Waals surface area (Å²) in [5.41, 5.74) is 0.639. The smallest absolute Gasteiger partial charge is 0.391 e. The van der Waals surface area contributed by atoms with Gasteiger partial charge in [0.2, 0.25) is 0 Å². The highest BCUT2D eigenvalue weighted by Gasteiger charge is 2.36. The zero-order chi connectivity index (χ0) is 17.3. The van der Waals surface area contributed by atoms with Gasteiger partial charge in [0.05, 0.1) is 30.3 Å². The van der Waals surface area contributed by atoms with Gasteiger partial charge < -0.3 is 15.2 Å². The number of aliphatic hydroxyl groups excluding tert-OH is 1. The highest BCUT2D eigenvalue weighted by Crippen LogP contribution is 2.23. The van der Waals surface area contributed by atoms with Crippen molar-refractivity contribution < 1.29 is 19.6 Å². The first kappa shape index (κ1) is 15.8. The molecule has 124 valence electrons. The number of aromatic nitrogens is 2. The molecule has 0 radical (unpaired) electrons. The van der Waals surface area contributed by atoms with E-state index in [0.717, 1.165) is 4.90 Å². The van der Waals surface area contributed by atoms with Crippen LogP contribution in [0.5, 0.6) is 0 Å². The van der Waals surface area contributed by atoms with Gasteiger partial charge in [0.25, 0.3) is 11.8 Å². The lowest BCUT2D eigenvalue weighted by Gasteiger charge is -2.18. The van der Waals surface area contributed by atoms with E-state index in [1.165, 1.54) is 17.0 Å². The summed E-state index contributed by atoms with van der Waals surface area (Å²) in [6, 6.07) is 6.47. The Hall–Kier alpha value is -3.07. The number of hydrogen-bond acceptors (Lipinski definition) is 6. The van der Waals surface area contributed by atoms with Crippen LogP contribution in [0.15, 0.2) is 36.7 Å².